The minimum atomic E-state index is -0.0142. The van der Waals surface area contributed by atoms with E-state index < -0.39 is 0 Å². The number of hydrogen-bond acceptors (Lipinski definition) is 2. The second-order valence-electron chi connectivity index (χ2n) is 6.74. The quantitative estimate of drug-likeness (QED) is 0.848. The zero-order chi connectivity index (χ0) is 15.9. The number of amides is 1. The van der Waals surface area contributed by atoms with E-state index in [1.165, 1.54) is 12.0 Å². The van der Waals surface area contributed by atoms with Crippen LogP contribution in [0.4, 0.5) is 0 Å². The van der Waals surface area contributed by atoms with Gasteiger partial charge in [-0.3, -0.25) is 4.79 Å². The number of hydrogen-bond donors (Lipinski definition) is 1. The Morgan fingerprint density at radius 1 is 1.32 bits per heavy atom. The van der Waals surface area contributed by atoms with Gasteiger partial charge >= 0.3 is 0 Å². The molecule has 0 aliphatic carbocycles. The molecule has 3 heteroatoms. The Labute approximate surface area is 134 Å². The van der Waals surface area contributed by atoms with Crippen LogP contribution in [0.5, 0.6) is 0 Å². The van der Waals surface area contributed by atoms with Crippen molar-refractivity contribution in [2.45, 2.75) is 27.2 Å². The molecule has 120 valence electrons. The molecule has 0 bridgehead atoms. The van der Waals surface area contributed by atoms with E-state index in [0.717, 1.165) is 43.6 Å². The average molecular weight is 300 g/mol. The van der Waals surface area contributed by atoms with Crippen LogP contribution in [0.1, 0.15) is 31.4 Å². The maximum Gasteiger partial charge on any atom is 0.244 e. The molecule has 1 aliphatic rings. The van der Waals surface area contributed by atoms with Crippen molar-refractivity contribution >= 4 is 12.0 Å². The van der Waals surface area contributed by atoms with Crippen molar-refractivity contribution < 1.29 is 4.79 Å². The molecule has 3 nitrogen and oxygen atoms in total. The van der Waals surface area contributed by atoms with Crippen LogP contribution >= 0.6 is 0 Å². The molecule has 22 heavy (non-hydrogen) atoms. The Kier molecular flexibility index (Phi) is 6.20. The first-order valence-electron chi connectivity index (χ1n) is 8.28. The number of likely N-dealkylation sites (tertiary alicyclic amines) is 1. The van der Waals surface area contributed by atoms with Crippen molar-refractivity contribution in [3.63, 3.8) is 0 Å². The first kappa shape index (κ1) is 16.8. The summed E-state index contributed by atoms with van der Waals surface area (Å²) < 4.78 is 0. The van der Waals surface area contributed by atoms with E-state index in [-0.39, 0.29) is 5.91 Å². The van der Waals surface area contributed by atoms with Crippen molar-refractivity contribution in [1.82, 2.24) is 10.2 Å². The summed E-state index contributed by atoms with van der Waals surface area (Å²) in [5.41, 5.74) is 2.27. The largest absolute Gasteiger partial charge is 0.351 e. The summed E-state index contributed by atoms with van der Waals surface area (Å²) in [6.07, 6.45) is 4.81. The van der Waals surface area contributed by atoms with E-state index in [0.29, 0.717) is 0 Å². The number of carbonyl (C=O) groups excluding carboxylic acids is 1. The van der Waals surface area contributed by atoms with Crippen molar-refractivity contribution in [3.8, 4) is 0 Å². The van der Waals surface area contributed by atoms with Gasteiger partial charge in [0.1, 0.15) is 0 Å². The summed E-state index contributed by atoms with van der Waals surface area (Å²) in [7, 11) is 0. The molecular weight excluding hydrogens is 272 g/mol. The first-order chi connectivity index (χ1) is 10.5. The summed E-state index contributed by atoms with van der Waals surface area (Å²) in [6, 6.07) is 8.14. The Balaban J connectivity index is 1.71. The van der Waals surface area contributed by atoms with Crippen molar-refractivity contribution in [2.24, 2.45) is 11.8 Å². The van der Waals surface area contributed by atoms with Gasteiger partial charge in [-0.1, -0.05) is 43.7 Å². The zero-order valence-corrected chi connectivity index (χ0v) is 14.0. The molecule has 1 aromatic carbocycles. The maximum atomic E-state index is 11.9. The Morgan fingerprint density at radius 3 is 2.73 bits per heavy atom. The number of rotatable bonds is 5. The fourth-order valence-electron chi connectivity index (χ4n) is 3.32. The molecule has 1 amide bonds. The van der Waals surface area contributed by atoms with Crippen LogP contribution in [0.2, 0.25) is 0 Å². The summed E-state index contributed by atoms with van der Waals surface area (Å²) in [6.45, 7) is 10.6. The lowest BCUT2D eigenvalue weighted by molar-refractivity contribution is -0.116. The molecule has 0 aromatic heterocycles. The third-order valence-electron chi connectivity index (χ3n) is 4.14. The first-order valence-corrected chi connectivity index (χ1v) is 8.28. The second kappa shape index (κ2) is 8.14. The van der Waals surface area contributed by atoms with Crippen LogP contribution in [0.15, 0.2) is 30.3 Å². The van der Waals surface area contributed by atoms with Crippen LogP contribution in [0, 0.1) is 18.8 Å². The van der Waals surface area contributed by atoms with Gasteiger partial charge in [0.25, 0.3) is 0 Å². The van der Waals surface area contributed by atoms with Crippen LogP contribution in [-0.4, -0.2) is 37.0 Å². The molecular formula is C19H28N2O. The van der Waals surface area contributed by atoms with Crippen LogP contribution < -0.4 is 5.32 Å². The number of nitrogens with zero attached hydrogens (tertiary/aromatic N) is 1. The standard InChI is InChI=1S/C19H28N2O/c1-15-5-4-6-18(12-15)7-8-19(22)20-9-10-21-13-16(2)11-17(3)14-21/h4-8,12,16-17H,9-11,13-14H2,1-3H3,(H,20,22). The molecule has 0 spiro atoms. The van der Waals surface area contributed by atoms with E-state index in [1.54, 1.807) is 6.08 Å². The van der Waals surface area contributed by atoms with E-state index in [9.17, 15) is 4.79 Å². The normalized spacial score (nSPS) is 22.9. The highest BCUT2D eigenvalue weighted by Gasteiger charge is 2.21. The minimum absolute atomic E-state index is 0.0142. The predicted octanol–water partition coefficient (Wildman–Crippen LogP) is 3.10. The minimum Gasteiger partial charge on any atom is -0.351 e. The Hall–Kier alpha value is -1.61. The third-order valence-corrected chi connectivity index (χ3v) is 4.14. The smallest absolute Gasteiger partial charge is 0.244 e. The number of piperidine rings is 1. The maximum absolute atomic E-state index is 11.9. The van der Waals surface area contributed by atoms with E-state index in [4.69, 9.17) is 0 Å². The van der Waals surface area contributed by atoms with Crippen LogP contribution in [0.3, 0.4) is 0 Å². The summed E-state index contributed by atoms with van der Waals surface area (Å²) >= 11 is 0. The molecule has 2 unspecified atom stereocenters. The van der Waals surface area contributed by atoms with Crippen LogP contribution in [0.25, 0.3) is 6.08 Å². The fraction of sp³-hybridized carbons (Fsp3) is 0.526. The summed E-state index contributed by atoms with van der Waals surface area (Å²) in [5, 5.41) is 2.98. The summed E-state index contributed by atoms with van der Waals surface area (Å²) in [4.78, 5) is 14.3. The molecule has 1 N–H and O–H groups in total. The third kappa shape index (κ3) is 5.64. The van der Waals surface area contributed by atoms with Gasteiger partial charge in [0.2, 0.25) is 5.91 Å². The monoisotopic (exact) mass is 300 g/mol. The highest BCUT2D eigenvalue weighted by molar-refractivity contribution is 5.91. The fourth-order valence-corrected chi connectivity index (χ4v) is 3.32. The lowest BCUT2D eigenvalue weighted by atomic mass is 9.92. The van der Waals surface area contributed by atoms with E-state index in [1.807, 2.05) is 18.2 Å². The lowest BCUT2D eigenvalue weighted by Gasteiger charge is -2.34. The number of aryl methyl sites for hydroxylation is 1. The van der Waals surface area contributed by atoms with Crippen molar-refractivity contribution in [3.05, 3.63) is 41.5 Å². The molecule has 2 atom stereocenters. The highest BCUT2D eigenvalue weighted by atomic mass is 16.1. The Bertz CT molecular complexity index is 514. The SMILES string of the molecule is Cc1cccc(C=CC(=O)NCCN2CC(C)CC(C)C2)c1. The van der Waals surface area contributed by atoms with Gasteiger partial charge in [-0.25, -0.2) is 0 Å². The van der Waals surface area contributed by atoms with Gasteiger partial charge in [0, 0.05) is 32.3 Å². The van der Waals surface area contributed by atoms with Gasteiger partial charge in [-0.15, -0.1) is 0 Å². The Morgan fingerprint density at radius 2 is 2.05 bits per heavy atom. The number of benzene rings is 1. The molecule has 1 aromatic rings. The van der Waals surface area contributed by atoms with E-state index >= 15 is 0 Å². The molecule has 0 radical (unpaired) electrons. The highest BCUT2D eigenvalue weighted by Crippen LogP contribution is 2.20. The second-order valence-corrected chi connectivity index (χ2v) is 6.74. The van der Waals surface area contributed by atoms with Gasteiger partial charge in [-0.2, -0.15) is 0 Å². The molecule has 1 saturated heterocycles. The molecule has 2 rings (SSSR count). The number of carbonyl (C=O) groups is 1. The average Bonchev–Trinajstić information content (AvgIpc) is 2.44. The lowest BCUT2D eigenvalue weighted by Crippen LogP contribution is -2.42. The van der Waals surface area contributed by atoms with Gasteiger partial charge < -0.3 is 10.2 Å². The van der Waals surface area contributed by atoms with E-state index in [2.05, 4.69) is 43.1 Å². The van der Waals surface area contributed by atoms with Gasteiger partial charge in [0.15, 0.2) is 0 Å². The number of nitrogens with one attached hydrogen (secondary N) is 1. The molecule has 1 heterocycles. The van der Waals surface area contributed by atoms with Gasteiger partial charge in [-0.05, 0) is 36.8 Å². The van der Waals surface area contributed by atoms with Crippen LogP contribution in [-0.2, 0) is 4.79 Å². The zero-order valence-electron chi connectivity index (χ0n) is 14.0. The van der Waals surface area contributed by atoms with Crippen molar-refractivity contribution in [2.75, 3.05) is 26.2 Å². The predicted molar refractivity (Wildman–Crippen MR) is 92.6 cm³/mol. The van der Waals surface area contributed by atoms with Crippen molar-refractivity contribution in [1.29, 1.82) is 0 Å². The topological polar surface area (TPSA) is 32.3 Å². The van der Waals surface area contributed by atoms with Gasteiger partial charge in [0.05, 0.1) is 0 Å². The molecule has 0 saturated carbocycles. The summed E-state index contributed by atoms with van der Waals surface area (Å²) in [5.74, 6) is 1.51. The molecule has 1 fully saturated rings. The molecule has 1 aliphatic heterocycles.